The van der Waals surface area contributed by atoms with Crippen LogP contribution >= 0.6 is 0 Å². The fraction of sp³-hybridized carbons (Fsp3) is 0.353. The van der Waals surface area contributed by atoms with Gasteiger partial charge in [0.2, 0.25) is 0 Å². The van der Waals surface area contributed by atoms with E-state index in [1.807, 2.05) is 18.5 Å². The van der Waals surface area contributed by atoms with Crippen LogP contribution in [0, 0.1) is 6.92 Å². The highest BCUT2D eigenvalue weighted by Crippen LogP contribution is 2.16. The summed E-state index contributed by atoms with van der Waals surface area (Å²) in [5.41, 5.74) is 9.50. The number of benzene rings is 1. The molecule has 0 spiro atoms. The van der Waals surface area contributed by atoms with Crippen LogP contribution in [-0.4, -0.2) is 24.6 Å². The van der Waals surface area contributed by atoms with E-state index in [1.165, 1.54) is 16.8 Å². The Morgan fingerprint density at radius 1 is 1.15 bits per heavy atom. The molecule has 0 radical (unpaired) electrons. The first-order valence-electron chi connectivity index (χ1n) is 7.20. The first-order chi connectivity index (χ1) is 9.79. The van der Waals surface area contributed by atoms with Gasteiger partial charge in [-0.25, -0.2) is 0 Å². The van der Waals surface area contributed by atoms with Crippen molar-refractivity contribution in [3.63, 3.8) is 0 Å². The normalized spacial score (nSPS) is 10.5. The van der Waals surface area contributed by atoms with Crippen LogP contribution in [0.5, 0.6) is 0 Å². The minimum atomic E-state index is 0.731. The van der Waals surface area contributed by atoms with Crippen LogP contribution in [0.2, 0.25) is 0 Å². The first kappa shape index (κ1) is 14.5. The van der Waals surface area contributed by atoms with Crippen LogP contribution in [0.3, 0.4) is 0 Å². The minimum absolute atomic E-state index is 0.731. The molecule has 0 aliphatic carbocycles. The van der Waals surface area contributed by atoms with Crippen molar-refractivity contribution in [3.8, 4) is 0 Å². The van der Waals surface area contributed by atoms with Crippen LogP contribution in [0.1, 0.15) is 17.5 Å². The highest BCUT2D eigenvalue weighted by molar-refractivity contribution is 5.48. The molecule has 106 valence electrons. The summed E-state index contributed by atoms with van der Waals surface area (Å²) >= 11 is 0. The van der Waals surface area contributed by atoms with Gasteiger partial charge in [-0.15, -0.1) is 0 Å². The minimum Gasteiger partial charge on any atom is -0.371 e. The van der Waals surface area contributed by atoms with Gasteiger partial charge in [-0.3, -0.25) is 4.98 Å². The Hall–Kier alpha value is -1.87. The number of hydrogen-bond donors (Lipinski definition) is 1. The lowest BCUT2D eigenvalue weighted by molar-refractivity contribution is 0.728. The molecule has 2 aromatic rings. The Morgan fingerprint density at radius 2 is 2.05 bits per heavy atom. The molecule has 3 heteroatoms. The van der Waals surface area contributed by atoms with Gasteiger partial charge in [0.25, 0.3) is 0 Å². The van der Waals surface area contributed by atoms with E-state index in [2.05, 4.69) is 47.1 Å². The molecule has 0 amide bonds. The fourth-order valence-corrected chi connectivity index (χ4v) is 2.29. The van der Waals surface area contributed by atoms with E-state index in [9.17, 15) is 0 Å². The average Bonchev–Trinajstić information content (AvgIpc) is 2.48. The SMILES string of the molecule is Cc1cccc(N(CCCN)CCc2cccnc2)c1. The maximum atomic E-state index is 5.66. The molecule has 1 aromatic heterocycles. The lowest BCUT2D eigenvalue weighted by Gasteiger charge is -2.25. The van der Waals surface area contributed by atoms with Gasteiger partial charge in [0, 0.05) is 31.2 Å². The Bertz CT molecular complexity index is 511. The number of aromatic nitrogens is 1. The van der Waals surface area contributed by atoms with Gasteiger partial charge >= 0.3 is 0 Å². The molecule has 0 unspecified atom stereocenters. The Balaban J connectivity index is 2.03. The number of pyridine rings is 1. The summed E-state index contributed by atoms with van der Waals surface area (Å²) in [5, 5.41) is 0. The number of anilines is 1. The van der Waals surface area contributed by atoms with E-state index in [-0.39, 0.29) is 0 Å². The van der Waals surface area contributed by atoms with E-state index in [4.69, 9.17) is 5.73 Å². The van der Waals surface area contributed by atoms with Gasteiger partial charge in [-0.2, -0.15) is 0 Å². The number of rotatable bonds is 7. The van der Waals surface area contributed by atoms with Gasteiger partial charge in [0.15, 0.2) is 0 Å². The molecule has 0 saturated heterocycles. The predicted molar refractivity (Wildman–Crippen MR) is 85.0 cm³/mol. The zero-order chi connectivity index (χ0) is 14.2. The highest BCUT2D eigenvalue weighted by Gasteiger charge is 2.06. The molecule has 0 fully saturated rings. The molecular weight excluding hydrogens is 246 g/mol. The lowest BCUT2D eigenvalue weighted by atomic mass is 10.1. The van der Waals surface area contributed by atoms with E-state index >= 15 is 0 Å². The number of aryl methyl sites for hydroxylation is 1. The molecule has 0 aliphatic rings. The Kier molecular flexibility index (Phi) is 5.56. The quantitative estimate of drug-likeness (QED) is 0.840. The molecule has 0 aliphatic heterocycles. The Labute approximate surface area is 121 Å². The maximum absolute atomic E-state index is 5.66. The Morgan fingerprint density at radius 3 is 2.75 bits per heavy atom. The van der Waals surface area contributed by atoms with Crippen molar-refractivity contribution in [3.05, 3.63) is 59.9 Å². The number of nitrogens with zero attached hydrogens (tertiary/aromatic N) is 2. The molecule has 0 bridgehead atoms. The molecule has 2 rings (SSSR count). The summed E-state index contributed by atoms with van der Waals surface area (Å²) in [6, 6.07) is 12.8. The molecule has 3 nitrogen and oxygen atoms in total. The third-order valence-corrected chi connectivity index (χ3v) is 3.39. The smallest absolute Gasteiger partial charge is 0.0368 e. The van der Waals surface area contributed by atoms with Gasteiger partial charge in [0.05, 0.1) is 0 Å². The van der Waals surface area contributed by atoms with E-state index < -0.39 is 0 Å². The van der Waals surface area contributed by atoms with Crippen molar-refractivity contribution in [2.75, 3.05) is 24.5 Å². The zero-order valence-electron chi connectivity index (χ0n) is 12.1. The predicted octanol–water partition coefficient (Wildman–Crippen LogP) is 2.79. The molecule has 1 heterocycles. The molecule has 1 aromatic carbocycles. The summed E-state index contributed by atoms with van der Waals surface area (Å²) in [7, 11) is 0. The van der Waals surface area contributed by atoms with Gasteiger partial charge in [-0.05, 0) is 55.6 Å². The second-order valence-corrected chi connectivity index (χ2v) is 5.08. The standard InChI is InChI=1S/C17H23N3/c1-15-5-2-7-17(13-15)20(11-4-9-18)12-8-16-6-3-10-19-14-16/h2-3,5-7,10,13-14H,4,8-9,11-12,18H2,1H3. The van der Waals surface area contributed by atoms with E-state index in [1.54, 1.807) is 0 Å². The summed E-state index contributed by atoms with van der Waals surface area (Å²) in [5.74, 6) is 0. The maximum Gasteiger partial charge on any atom is 0.0368 e. The second-order valence-electron chi connectivity index (χ2n) is 5.08. The highest BCUT2D eigenvalue weighted by atomic mass is 15.1. The number of nitrogens with two attached hydrogens (primary N) is 1. The van der Waals surface area contributed by atoms with Crippen molar-refractivity contribution in [1.29, 1.82) is 0 Å². The summed E-state index contributed by atoms with van der Waals surface area (Å²) < 4.78 is 0. The molecule has 2 N–H and O–H groups in total. The van der Waals surface area contributed by atoms with Crippen molar-refractivity contribution in [2.24, 2.45) is 5.73 Å². The lowest BCUT2D eigenvalue weighted by Crippen LogP contribution is -2.28. The third kappa shape index (κ3) is 4.35. The van der Waals surface area contributed by atoms with Crippen LogP contribution in [0.15, 0.2) is 48.8 Å². The molecule has 0 atom stereocenters. The van der Waals surface area contributed by atoms with Gasteiger partial charge in [0.1, 0.15) is 0 Å². The summed E-state index contributed by atoms with van der Waals surface area (Å²) in [6.07, 6.45) is 5.78. The molecular formula is C17H23N3. The van der Waals surface area contributed by atoms with Crippen molar-refractivity contribution in [2.45, 2.75) is 19.8 Å². The van der Waals surface area contributed by atoms with Crippen LogP contribution in [0.4, 0.5) is 5.69 Å². The second kappa shape index (κ2) is 7.65. The van der Waals surface area contributed by atoms with Crippen LogP contribution in [-0.2, 0) is 6.42 Å². The zero-order valence-corrected chi connectivity index (χ0v) is 12.1. The monoisotopic (exact) mass is 269 g/mol. The first-order valence-corrected chi connectivity index (χ1v) is 7.20. The van der Waals surface area contributed by atoms with E-state index in [0.717, 1.165) is 32.5 Å². The van der Waals surface area contributed by atoms with Gasteiger partial charge in [-0.1, -0.05) is 18.2 Å². The van der Waals surface area contributed by atoms with Crippen LogP contribution in [0.25, 0.3) is 0 Å². The van der Waals surface area contributed by atoms with E-state index in [0.29, 0.717) is 0 Å². The van der Waals surface area contributed by atoms with Crippen LogP contribution < -0.4 is 10.6 Å². The topological polar surface area (TPSA) is 42.1 Å². The average molecular weight is 269 g/mol. The molecule has 0 saturated carbocycles. The fourth-order valence-electron chi connectivity index (χ4n) is 2.29. The van der Waals surface area contributed by atoms with Crippen molar-refractivity contribution in [1.82, 2.24) is 4.98 Å². The van der Waals surface area contributed by atoms with Crippen molar-refractivity contribution >= 4 is 5.69 Å². The van der Waals surface area contributed by atoms with Gasteiger partial charge < -0.3 is 10.6 Å². The van der Waals surface area contributed by atoms with Crippen molar-refractivity contribution < 1.29 is 0 Å². The molecule has 20 heavy (non-hydrogen) atoms. The summed E-state index contributed by atoms with van der Waals surface area (Å²) in [6.45, 7) is 4.86. The summed E-state index contributed by atoms with van der Waals surface area (Å²) in [4.78, 5) is 6.58. The third-order valence-electron chi connectivity index (χ3n) is 3.39. The number of hydrogen-bond acceptors (Lipinski definition) is 3. The largest absolute Gasteiger partial charge is 0.371 e.